The highest BCUT2D eigenvalue weighted by atomic mass is 32.2. The van der Waals surface area contributed by atoms with E-state index in [0.29, 0.717) is 42.5 Å². The summed E-state index contributed by atoms with van der Waals surface area (Å²) >= 11 is 1.28. The second-order valence-electron chi connectivity index (χ2n) is 10.3. The monoisotopic (exact) mass is 552 g/mol. The van der Waals surface area contributed by atoms with Gasteiger partial charge in [-0.1, -0.05) is 17.4 Å². The zero-order valence-electron chi connectivity index (χ0n) is 21.5. The molecule has 2 saturated heterocycles. The first-order chi connectivity index (χ1) is 18.4. The minimum atomic E-state index is -3.56. The van der Waals surface area contributed by atoms with Gasteiger partial charge in [0.25, 0.3) is 10.0 Å². The fraction of sp³-hybridized carbons (Fsp3) is 0.500. The van der Waals surface area contributed by atoms with Crippen LogP contribution in [0.1, 0.15) is 34.8 Å². The van der Waals surface area contributed by atoms with Crippen molar-refractivity contribution < 1.29 is 8.42 Å². The molecule has 200 valence electrons. The van der Waals surface area contributed by atoms with E-state index in [1.54, 1.807) is 4.31 Å². The molecule has 2 aromatic heterocycles. The number of likely N-dealkylation sites (N-methyl/N-ethyl adjacent to an activating group) is 1. The highest BCUT2D eigenvalue weighted by molar-refractivity contribution is 7.91. The number of hydrogen-bond donors (Lipinski definition) is 0. The summed E-state index contributed by atoms with van der Waals surface area (Å²) in [5, 5.41) is 10.1. The topological polar surface area (TPSA) is 102 Å². The molecule has 2 aliphatic heterocycles. The molecule has 0 saturated carbocycles. The summed E-state index contributed by atoms with van der Waals surface area (Å²) in [5.41, 5.74) is 4.30. The van der Waals surface area contributed by atoms with E-state index in [2.05, 4.69) is 48.4 Å². The number of fused-ring (bicyclic) bond motifs is 1. The van der Waals surface area contributed by atoms with Crippen LogP contribution < -0.4 is 4.90 Å². The van der Waals surface area contributed by atoms with E-state index >= 15 is 0 Å². The Labute approximate surface area is 227 Å². The number of nitrogens with zero attached hydrogens (tertiary/aromatic N) is 8. The Bertz CT molecular complexity index is 1440. The van der Waals surface area contributed by atoms with E-state index in [1.807, 2.05) is 24.7 Å². The number of piperazine rings is 2. The number of aryl methyl sites for hydroxylation is 1. The summed E-state index contributed by atoms with van der Waals surface area (Å²) in [6.45, 7) is 6.59. The highest BCUT2D eigenvalue weighted by Crippen LogP contribution is 2.36. The fourth-order valence-electron chi connectivity index (χ4n) is 5.67. The van der Waals surface area contributed by atoms with E-state index in [-0.39, 0.29) is 6.04 Å². The summed E-state index contributed by atoms with van der Waals surface area (Å²) < 4.78 is 30.9. The minimum Gasteiger partial charge on any atom is -0.345 e. The fourth-order valence-corrected chi connectivity index (χ4v) is 8.42. The minimum absolute atomic E-state index is 0.179. The molecule has 1 unspecified atom stereocenters. The van der Waals surface area contributed by atoms with Gasteiger partial charge in [0, 0.05) is 65.1 Å². The quantitative estimate of drug-likeness (QED) is 0.458. The maximum Gasteiger partial charge on any atom is 0.254 e. The lowest BCUT2D eigenvalue weighted by atomic mass is 10.0. The van der Waals surface area contributed by atoms with Crippen molar-refractivity contribution in [1.29, 1.82) is 5.26 Å². The van der Waals surface area contributed by atoms with Gasteiger partial charge in [-0.25, -0.2) is 18.4 Å². The van der Waals surface area contributed by atoms with E-state index in [9.17, 15) is 13.7 Å². The van der Waals surface area contributed by atoms with Crippen molar-refractivity contribution in [2.75, 3.05) is 64.3 Å². The third-order valence-electron chi connectivity index (χ3n) is 7.96. The highest BCUT2D eigenvalue weighted by Gasteiger charge is 2.32. The number of hydrogen-bond acceptors (Lipinski definition) is 9. The van der Waals surface area contributed by atoms with Crippen molar-refractivity contribution in [1.82, 2.24) is 28.6 Å². The lowest BCUT2D eigenvalue weighted by Gasteiger charge is -2.34. The van der Waals surface area contributed by atoms with E-state index in [4.69, 9.17) is 0 Å². The molecule has 3 aliphatic rings. The maximum absolute atomic E-state index is 13.4. The van der Waals surface area contributed by atoms with Gasteiger partial charge in [0.05, 0.1) is 35.9 Å². The Morgan fingerprint density at radius 2 is 1.87 bits per heavy atom. The van der Waals surface area contributed by atoms with E-state index < -0.39 is 10.0 Å². The molecular weight excluding hydrogens is 520 g/mol. The van der Waals surface area contributed by atoms with Crippen LogP contribution >= 0.6 is 11.3 Å². The number of benzene rings is 1. The molecule has 38 heavy (non-hydrogen) atoms. The molecule has 0 bridgehead atoms. The van der Waals surface area contributed by atoms with Crippen LogP contribution in [0.15, 0.2) is 41.1 Å². The molecule has 0 amide bonds. The molecule has 1 atom stereocenters. The van der Waals surface area contributed by atoms with Gasteiger partial charge in [0.1, 0.15) is 0 Å². The van der Waals surface area contributed by atoms with Gasteiger partial charge in [-0.15, -0.1) is 0 Å². The molecule has 2 fully saturated rings. The molecular formula is C26H32N8O2S2. The third-order valence-corrected chi connectivity index (χ3v) is 11.4. The predicted octanol–water partition coefficient (Wildman–Crippen LogP) is 2.01. The number of imidazole rings is 1. The molecule has 0 radical (unpaired) electrons. The first kappa shape index (κ1) is 25.5. The zero-order valence-corrected chi connectivity index (χ0v) is 23.2. The second-order valence-corrected chi connectivity index (χ2v) is 13.5. The summed E-state index contributed by atoms with van der Waals surface area (Å²) in [5.74, 6) is 0. The molecule has 3 aromatic rings. The Balaban J connectivity index is 1.09. The molecule has 0 spiro atoms. The maximum atomic E-state index is 13.4. The van der Waals surface area contributed by atoms with Crippen LogP contribution in [0.2, 0.25) is 0 Å². The van der Waals surface area contributed by atoms with Crippen LogP contribution in [0.25, 0.3) is 0 Å². The van der Waals surface area contributed by atoms with Crippen LogP contribution in [-0.2, 0) is 23.0 Å². The van der Waals surface area contributed by atoms with Crippen molar-refractivity contribution >= 4 is 26.5 Å². The van der Waals surface area contributed by atoms with Crippen molar-refractivity contribution in [2.45, 2.75) is 29.6 Å². The van der Waals surface area contributed by atoms with E-state index in [1.165, 1.54) is 28.7 Å². The third kappa shape index (κ3) is 4.85. The molecule has 1 aliphatic carbocycles. The van der Waals surface area contributed by atoms with Crippen LogP contribution in [0.3, 0.4) is 0 Å². The van der Waals surface area contributed by atoms with Crippen molar-refractivity contribution in [3.63, 3.8) is 0 Å². The number of sulfonamides is 1. The van der Waals surface area contributed by atoms with Crippen LogP contribution in [0, 0.1) is 11.3 Å². The Kier molecular flexibility index (Phi) is 6.96. The van der Waals surface area contributed by atoms with Gasteiger partial charge < -0.3 is 14.4 Å². The van der Waals surface area contributed by atoms with Crippen LogP contribution in [-0.4, -0.2) is 96.5 Å². The first-order valence-corrected chi connectivity index (χ1v) is 15.3. The normalized spacial score (nSPS) is 21.5. The van der Waals surface area contributed by atoms with Crippen molar-refractivity contribution in [3.8, 4) is 6.07 Å². The average Bonchev–Trinajstić information content (AvgIpc) is 3.69. The van der Waals surface area contributed by atoms with Gasteiger partial charge in [0.2, 0.25) is 0 Å². The Hall–Kier alpha value is -2.82. The summed E-state index contributed by atoms with van der Waals surface area (Å²) in [4.78, 5) is 15.6. The Morgan fingerprint density at radius 3 is 2.63 bits per heavy atom. The van der Waals surface area contributed by atoms with Crippen LogP contribution in [0.4, 0.5) is 5.13 Å². The van der Waals surface area contributed by atoms with Gasteiger partial charge in [0.15, 0.2) is 9.34 Å². The lowest BCUT2D eigenvalue weighted by Crippen LogP contribution is -2.48. The average molecular weight is 553 g/mol. The molecule has 0 N–H and O–H groups in total. The molecule has 1 aromatic carbocycles. The molecule has 6 rings (SSSR count). The number of thiazole rings is 1. The van der Waals surface area contributed by atoms with Gasteiger partial charge >= 0.3 is 0 Å². The first-order valence-electron chi connectivity index (χ1n) is 13.1. The van der Waals surface area contributed by atoms with E-state index in [0.717, 1.165) is 49.8 Å². The van der Waals surface area contributed by atoms with Crippen molar-refractivity contribution in [2.24, 2.45) is 0 Å². The van der Waals surface area contributed by atoms with Crippen molar-refractivity contribution in [3.05, 3.63) is 59.3 Å². The lowest BCUT2D eigenvalue weighted by molar-refractivity contribution is 0.177. The number of rotatable bonds is 6. The number of aromatic nitrogens is 3. The summed E-state index contributed by atoms with van der Waals surface area (Å²) in [6.07, 6.45) is 7.30. The van der Waals surface area contributed by atoms with Gasteiger partial charge in [-0.2, -0.15) is 9.57 Å². The number of anilines is 1. The summed E-state index contributed by atoms with van der Waals surface area (Å²) in [6, 6.07) is 8.41. The largest absolute Gasteiger partial charge is 0.345 e. The number of nitriles is 1. The standard InChI is InChI=1S/C26H32N8O2S2/c1-30-6-10-32(11-7-30)26-29-17-25(37-26)38(35,36)33-12-8-31(9-13-33)18-22-16-28-19-34(22)24-5-4-21-3-2-20(15-27)14-23(21)24/h2-3,14,16-17,19,24H,4-13,18H2,1H3. The molecule has 4 heterocycles. The second kappa shape index (κ2) is 10.4. The SMILES string of the molecule is CN1CCN(c2ncc(S(=O)(=O)N3CCN(Cc4cncn4C4CCc5ccc(C#N)cc54)CC3)s2)CC1. The Morgan fingerprint density at radius 1 is 1.08 bits per heavy atom. The zero-order chi connectivity index (χ0) is 26.3. The molecule has 12 heteroatoms. The summed E-state index contributed by atoms with van der Waals surface area (Å²) in [7, 11) is -1.46. The van der Waals surface area contributed by atoms with Gasteiger partial charge in [-0.3, -0.25) is 4.90 Å². The van der Waals surface area contributed by atoms with Gasteiger partial charge in [-0.05, 0) is 43.1 Å². The molecule has 10 nitrogen and oxygen atoms in total. The van der Waals surface area contributed by atoms with Crippen LogP contribution in [0.5, 0.6) is 0 Å². The smallest absolute Gasteiger partial charge is 0.254 e. The predicted molar refractivity (Wildman–Crippen MR) is 146 cm³/mol.